The molecule has 0 amide bonds. The molecule has 0 bridgehead atoms. The van der Waals surface area contributed by atoms with E-state index in [-0.39, 0.29) is 0 Å². The minimum atomic E-state index is 0.934. The normalized spacial score (nSPS) is 11.2. The molecular formula is C36H22Br2N2. The molecule has 0 spiro atoms. The summed E-state index contributed by atoms with van der Waals surface area (Å²) in [6, 6.07) is 46.5. The van der Waals surface area contributed by atoms with Gasteiger partial charge in [0, 0.05) is 30.8 Å². The first kappa shape index (κ1) is 24.9. The van der Waals surface area contributed by atoms with Crippen molar-refractivity contribution >= 4 is 53.7 Å². The standard InChI is InChI=1S/C36H22Br2N2/c37-27-14-16-33-31(19-27)29(23-8-3-1-4-9-23)21-35(39-33)25-12-7-13-26(18-25)36-22-30(24-10-5-2-6-11-24)32-20-28(38)15-17-34(32)40-36/h1-22H. The Kier molecular flexibility index (Phi) is 6.51. The number of nitrogens with zero attached hydrogens (tertiary/aromatic N) is 2. The van der Waals surface area contributed by atoms with Gasteiger partial charge >= 0.3 is 0 Å². The lowest BCUT2D eigenvalue weighted by molar-refractivity contribution is 1.37. The molecule has 0 aliphatic heterocycles. The molecule has 2 nitrogen and oxygen atoms in total. The molecule has 0 aliphatic carbocycles. The molecule has 190 valence electrons. The molecule has 0 unspecified atom stereocenters. The van der Waals surface area contributed by atoms with Crippen LogP contribution in [0.2, 0.25) is 0 Å². The van der Waals surface area contributed by atoms with Crippen molar-refractivity contribution in [2.45, 2.75) is 0 Å². The van der Waals surface area contributed by atoms with E-state index in [0.717, 1.165) is 64.4 Å². The molecule has 7 rings (SSSR count). The lowest BCUT2D eigenvalue weighted by atomic mass is 9.96. The van der Waals surface area contributed by atoms with Crippen LogP contribution in [0.5, 0.6) is 0 Å². The highest BCUT2D eigenvalue weighted by molar-refractivity contribution is 9.10. The van der Waals surface area contributed by atoms with E-state index in [0.29, 0.717) is 0 Å². The van der Waals surface area contributed by atoms with Crippen molar-refractivity contribution in [2.75, 3.05) is 0 Å². The van der Waals surface area contributed by atoms with Gasteiger partial charge in [-0.15, -0.1) is 0 Å². The van der Waals surface area contributed by atoms with Crippen LogP contribution in [0.1, 0.15) is 0 Å². The number of rotatable bonds is 4. The molecule has 0 atom stereocenters. The maximum Gasteiger partial charge on any atom is 0.0716 e. The summed E-state index contributed by atoms with van der Waals surface area (Å²) in [6.07, 6.45) is 0. The lowest BCUT2D eigenvalue weighted by Crippen LogP contribution is -1.92. The third-order valence-electron chi connectivity index (χ3n) is 7.17. The highest BCUT2D eigenvalue weighted by Crippen LogP contribution is 2.37. The molecule has 0 radical (unpaired) electrons. The third kappa shape index (κ3) is 4.74. The topological polar surface area (TPSA) is 25.8 Å². The monoisotopic (exact) mass is 640 g/mol. The Balaban J connectivity index is 1.40. The van der Waals surface area contributed by atoms with Gasteiger partial charge < -0.3 is 0 Å². The summed E-state index contributed by atoms with van der Waals surface area (Å²) >= 11 is 7.29. The van der Waals surface area contributed by atoms with Crippen molar-refractivity contribution in [3.63, 3.8) is 0 Å². The SMILES string of the molecule is Brc1ccc2nc(-c3cccc(-c4cc(-c5ccccc5)c5cc(Br)ccc5n4)c3)cc(-c3ccccc3)c2c1. The van der Waals surface area contributed by atoms with Crippen LogP contribution in [0.3, 0.4) is 0 Å². The molecule has 2 aromatic heterocycles. The largest absolute Gasteiger partial charge is 0.248 e. The predicted octanol–water partition coefficient (Wildman–Crippen LogP) is 11.0. The van der Waals surface area contributed by atoms with Gasteiger partial charge in [-0.3, -0.25) is 0 Å². The highest BCUT2D eigenvalue weighted by atomic mass is 79.9. The third-order valence-corrected chi connectivity index (χ3v) is 8.15. The van der Waals surface area contributed by atoms with Crippen molar-refractivity contribution in [2.24, 2.45) is 0 Å². The number of hydrogen-bond acceptors (Lipinski definition) is 2. The minimum Gasteiger partial charge on any atom is -0.248 e. The van der Waals surface area contributed by atoms with Crippen molar-refractivity contribution in [3.8, 4) is 44.8 Å². The zero-order valence-corrected chi connectivity index (χ0v) is 24.5. The smallest absolute Gasteiger partial charge is 0.0716 e. The fraction of sp³-hybridized carbons (Fsp3) is 0. The average Bonchev–Trinajstić information content (AvgIpc) is 3.01. The first-order valence-electron chi connectivity index (χ1n) is 13.0. The number of fused-ring (bicyclic) bond motifs is 2. The average molecular weight is 642 g/mol. The van der Waals surface area contributed by atoms with Crippen LogP contribution < -0.4 is 0 Å². The zero-order valence-electron chi connectivity index (χ0n) is 21.4. The first-order valence-corrected chi connectivity index (χ1v) is 14.6. The van der Waals surface area contributed by atoms with E-state index in [2.05, 4.69) is 141 Å². The van der Waals surface area contributed by atoms with E-state index in [4.69, 9.17) is 9.97 Å². The van der Waals surface area contributed by atoms with Crippen LogP contribution >= 0.6 is 31.9 Å². The van der Waals surface area contributed by atoms with Gasteiger partial charge in [0.15, 0.2) is 0 Å². The lowest BCUT2D eigenvalue weighted by Gasteiger charge is -2.13. The van der Waals surface area contributed by atoms with Gasteiger partial charge in [-0.25, -0.2) is 9.97 Å². The van der Waals surface area contributed by atoms with Crippen LogP contribution in [0, 0.1) is 0 Å². The van der Waals surface area contributed by atoms with Crippen molar-refractivity contribution in [1.82, 2.24) is 9.97 Å². The van der Waals surface area contributed by atoms with E-state index in [1.807, 2.05) is 24.3 Å². The molecule has 40 heavy (non-hydrogen) atoms. The van der Waals surface area contributed by atoms with Crippen LogP contribution in [0.4, 0.5) is 0 Å². The molecule has 0 saturated carbocycles. The first-order chi connectivity index (χ1) is 19.6. The second kappa shape index (κ2) is 10.5. The second-order valence-corrected chi connectivity index (χ2v) is 11.6. The van der Waals surface area contributed by atoms with Gasteiger partial charge in [0.1, 0.15) is 0 Å². The maximum atomic E-state index is 5.09. The fourth-order valence-electron chi connectivity index (χ4n) is 5.24. The van der Waals surface area contributed by atoms with Crippen molar-refractivity contribution in [3.05, 3.63) is 142 Å². The van der Waals surface area contributed by atoms with Crippen molar-refractivity contribution in [1.29, 1.82) is 0 Å². The Labute approximate surface area is 249 Å². The summed E-state index contributed by atoms with van der Waals surface area (Å²) in [5.74, 6) is 0. The van der Waals surface area contributed by atoms with E-state index >= 15 is 0 Å². The molecule has 7 aromatic rings. The van der Waals surface area contributed by atoms with Crippen LogP contribution in [0.15, 0.2) is 142 Å². The van der Waals surface area contributed by atoms with Crippen molar-refractivity contribution < 1.29 is 0 Å². The molecule has 0 N–H and O–H groups in total. The van der Waals surface area contributed by atoms with Crippen LogP contribution in [0.25, 0.3) is 66.6 Å². The predicted molar refractivity (Wildman–Crippen MR) is 174 cm³/mol. The molecular weight excluding hydrogens is 620 g/mol. The van der Waals surface area contributed by atoms with E-state index in [1.165, 1.54) is 11.1 Å². The summed E-state index contributed by atoms with van der Waals surface area (Å²) in [4.78, 5) is 10.2. The molecule has 0 saturated heterocycles. The summed E-state index contributed by atoms with van der Waals surface area (Å²) in [6.45, 7) is 0. The van der Waals surface area contributed by atoms with Gasteiger partial charge in [-0.05, 0) is 76.9 Å². The number of hydrogen-bond donors (Lipinski definition) is 0. The van der Waals surface area contributed by atoms with Crippen LogP contribution in [-0.4, -0.2) is 9.97 Å². The van der Waals surface area contributed by atoms with Gasteiger partial charge in [0.2, 0.25) is 0 Å². The molecule has 4 heteroatoms. The van der Waals surface area contributed by atoms with Gasteiger partial charge in [0.25, 0.3) is 0 Å². The highest BCUT2D eigenvalue weighted by Gasteiger charge is 2.13. The van der Waals surface area contributed by atoms with Gasteiger partial charge in [-0.2, -0.15) is 0 Å². The Bertz CT molecular complexity index is 1880. The number of aromatic nitrogens is 2. The number of halogens is 2. The van der Waals surface area contributed by atoms with E-state index in [9.17, 15) is 0 Å². The molecule has 0 aliphatic rings. The Morgan fingerprint density at radius 2 is 0.800 bits per heavy atom. The summed E-state index contributed by atoms with van der Waals surface area (Å²) in [5, 5.41) is 2.24. The Morgan fingerprint density at radius 3 is 1.25 bits per heavy atom. The Morgan fingerprint density at radius 1 is 0.375 bits per heavy atom. The van der Waals surface area contributed by atoms with Gasteiger partial charge in [-0.1, -0.05) is 111 Å². The summed E-state index contributed by atoms with van der Waals surface area (Å²) in [5.41, 5.74) is 10.6. The van der Waals surface area contributed by atoms with Gasteiger partial charge in [0.05, 0.1) is 22.4 Å². The van der Waals surface area contributed by atoms with Crippen LogP contribution in [-0.2, 0) is 0 Å². The number of benzene rings is 5. The summed E-state index contributed by atoms with van der Waals surface area (Å²) < 4.78 is 2.08. The van der Waals surface area contributed by atoms with E-state index < -0.39 is 0 Å². The molecule has 5 aromatic carbocycles. The second-order valence-electron chi connectivity index (χ2n) is 9.75. The van der Waals surface area contributed by atoms with E-state index in [1.54, 1.807) is 0 Å². The fourth-order valence-corrected chi connectivity index (χ4v) is 5.96. The summed E-state index contributed by atoms with van der Waals surface area (Å²) in [7, 11) is 0. The molecule has 0 fully saturated rings. The molecule has 2 heterocycles. The quantitative estimate of drug-likeness (QED) is 0.191. The zero-order chi connectivity index (χ0) is 27.1. The maximum absolute atomic E-state index is 5.09. The number of pyridine rings is 2. The minimum absolute atomic E-state index is 0.934. The Hall–Kier alpha value is -4.12.